The van der Waals surface area contributed by atoms with Crippen molar-refractivity contribution in [3.63, 3.8) is 0 Å². The third-order valence-corrected chi connectivity index (χ3v) is 3.23. The summed E-state index contributed by atoms with van der Waals surface area (Å²) in [6.45, 7) is 3.73. The van der Waals surface area contributed by atoms with Gasteiger partial charge in [-0.1, -0.05) is 15.9 Å². The Bertz CT molecular complexity index is 605. The first-order chi connectivity index (χ1) is 8.97. The molecule has 0 aliphatic carbocycles. The molecular formula is C14H15BrN2O2. The van der Waals surface area contributed by atoms with E-state index in [1.54, 1.807) is 19.1 Å². The summed E-state index contributed by atoms with van der Waals surface area (Å²) in [7, 11) is 0. The first-order valence-electron chi connectivity index (χ1n) is 5.90. The highest BCUT2D eigenvalue weighted by molar-refractivity contribution is 9.10. The summed E-state index contributed by atoms with van der Waals surface area (Å²) in [6.07, 6.45) is 0. The van der Waals surface area contributed by atoms with Crippen molar-refractivity contribution in [2.24, 2.45) is 5.73 Å². The van der Waals surface area contributed by atoms with Crippen LogP contribution >= 0.6 is 15.9 Å². The Labute approximate surface area is 120 Å². The summed E-state index contributed by atoms with van der Waals surface area (Å²) < 4.78 is 6.37. The molecule has 0 saturated heterocycles. The number of hydrogen-bond donors (Lipinski definition) is 2. The van der Waals surface area contributed by atoms with E-state index in [-0.39, 0.29) is 17.7 Å². The van der Waals surface area contributed by atoms with Gasteiger partial charge in [0.2, 0.25) is 0 Å². The number of benzene rings is 1. The molecule has 0 aliphatic heterocycles. The van der Waals surface area contributed by atoms with Gasteiger partial charge in [0.05, 0.1) is 6.04 Å². The molecule has 3 N–H and O–H groups in total. The van der Waals surface area contributed by atoms with Crippen molar-refractivity contribution in [1.29, 1.82) is 0 Å². The summed E-state index contributed by atoms with van der Waals surface area (Å²) in [5.41, 5.74) is 7.42. The fraction of sp³-hybridized carbons (Fsp3) is 0.214. The predicted molar refractivity (Wildman–Crippen MR) is 78.1 cm³/mol. The van der Waals surface area contributed by atoms with Crippen molar-refractivity contribution < 1.29 is 9.21 Å². The van der Waals surface area contributed by atoms with Gasteiger partial charge in [0.15, 0.2) is 5.76 Å². The van der Waals surface area contributed by atoms with Gasteiger partial charge in [-0.05, 0) is 49.7 Å². The summed E-state index contributed by atoms with van der Waals surface area (Å²) in [5.74, 6) is 0.574. The molecule has 2 aromatic rings. The Morgan fingerprint density at radius 1 is 1.37 bits per heavy atom. The average molecular weight is 323 g/mol. The van der Waals surface area contributed by atoms with Crippen molar-refractivity contribution in [2.75, 3.05) is 5.32 Å². The van der Waals surface area contributed by atoms with Gasteiger partial charge < -0.3 is 15.5 Å². The Hall–Kier alpha value is -1.59. The average Bonchev–Trinajstić information content (AvgIpc) is 2.82. The number of amides is 1. The highest BCUT2D eigenvalue weighted by Gasteiger charge is 2.14. The number of nitrogens with one attached hydrogen (secondary N) is 1. The van der Waals surface area contributed by atoms with Crippen molar-refractivity contribution in [2.45, 2.75) is 19.9 Å². The number of furan rings is 1. The Balaban J connectivity index is 2.16. The second-order valence-electron chi connectivity index (χ2n) is 4.40. The molecule has 0 radical (unpaired) electrons. The number of hydrogen-bond acceptors (Lipinski definition) is 3. The Morgan fingerprint density at radius 2 is 2.11 bits per heavy atom. The van der Waals surface area contributed by atoms with Crippen molar-refractivity contribution in [3.05, 3.63) is 51.9 Å². The number of anilines is 1. The van der Waals surface area contributed by atoms with Crippen LogP contribution in [-0.2, 0) is 0 Å². The van der Waals surface area contributed by atoms with Crippen LogP contribution < -0.4 is 11.1 Å². The highest BCUT2D eigenvalue weighted by atomic mass is 79.9. The quantitative estimate of drug-likeness (QED) is 0.906. The lowest BCUT2D eigenvalue weighted by Crippen LogP contribution is -2.12. The lowest BCUT2D eigenvalue weighted by molar-refractivity contribution is 0.0994. The molecular weight excluding hydrogens is 308 g/mol. The van der Waals surface area contributed by atoms with E-state index in [1.807, 2.05) is 25.1 Å². The number of carbonyl (C=O) groups is 1. The van der Waals surface area contributed by atoms with Crippen LogP contribution in [0.3, 0.4) is 0 Å². The minimum atomic E-state index is -0.280. The minimum absolute atomic E-state index is 0.226. The minimum Gasteiger partial charge on any atom is -0.454 e. The maximum Gasteiger partial charge on any atom is 0.291 e. The number of rotatable bonds is 3. The number of nitrogens with two attached hydrogens (primary N) is 1. The Morgan fingerprint density at radius 3 is 2.68 bits per heavy atom. The van der Waals surface area contributed by atoms with Crippen LogP contribution in [0.1, 0.15) is 34.8 Å². The van der Waals surface area contributed by atoms with E-state index in [2.05, 4.69) is 21.2 Å². The number of halogens is 1. The van der Waals surface area contributed by atoms with Crippen molar-refractivity contribution in [3.8, 4) is 0 Å². The zero-order chi connectivity index (χ0) is 14.0. The first-order valence-corrected chi connectivity index (χ1v) is 6.69. The second kappa shape index (κ2) is 5.59. The van der Waals surface area contributed by atoms with Gasteiger partial charge in [0, 0.05) is 10.2 Å². The highest BCUT2D eigenvalue weighted by Crippen LogP contribution is 2.21. The molecule has 0 saturated carbocycles. The van der Waals surface area contributed by atoms with E-state index in [1.165, 1.54) is 0 Å². The molecule has 1 atom stereocenters. The van der Waals surface area contributed by atoms with E-state index in [9.17, 15) is 4.79 Å². The second-order valence-corrected chi connectivity index (χ2v) is 5.32. The van der Waals surface area contributed by atoms with E-state index in [0.29, 0.717) is 5.76 Å². The summed E-state index contributed by atoms with van der Waals surface area (Å²) in [5, 5.41) is 2.81. The zero-order valence-electron chi connectivity index (χ0n) is 10.7. The molecule has 1 amide bonds. The largest absolute Gasteiger partial charge is 0.454 e. The summed E-state index contributed by atoms with van der Waals surface area (Å²) in [4.78, 5) is 12.0. The smallest absolute Gasteiger partial charge is 0.291 e. The first kappa shape index (κ1) is 13.8. The molecule has 1 unspecified atom stereocenters. The monoisotopic (exact) mass is 322 g/mol. The third kappa shape index (κ3) is 3.24. The lowest BCUT2D eigenvalue weighted by atomic mass is 10.2. The van der Waals surface area contributed by atoms with Gasteiger partial charge in [-0.3, -0.25) is 4.79 Å². The third-order valence-electron chi connectivity index (χ3n) is 2.74. The molecule has 1 aromatic heterocycles. The normalized spacial score (nSPS) is 12.2. The summed E-state index contributed by atoms with van der Waals surface area (Å²) >= 11 is 3.38. The molecule has 0 bridgehead atoms. The summed E-state index contributed by atoms with van der Waals surface area (Å²) in [6, 6.07) is 8.77. The van der Waals surface area contributed by atoms with Crippen LogP contribution in [0.15, 0.2) is 39.2 Å². The van der Waals surface area contributed by atoms with Crippen molar-refractivity contribution >= 4 is 27.5 Å². The van der Waals surface area contributed by atoms with Gasteiger partial charge >= 0.3 is 0 Å². The van der Waals surface area contributed by atoms with Gasteiger partial charge in [-0.25, -0.2) is 0 Å². The number of aryl methyl sites for hydroxylation is 1. The SMILES string of the molecule is Cc1cc(Br)ccc1NC(=O)c1ccc(C(C)N)o1. The molecule has 19 heavy (non-hydrogen) atoms. The molecule has 0 spiro atoms. The molecule has 0 fully saturated rings. The molecule has 4 nitrogen and oxygen atoms in total. The fourth-order valence-electron chi connectivity index (χ4n) is 1.67. The van der Waals surface area contributed by atoms with E-state index < -0.39 is 0 Å². The van der Waals surface area contributed by atoms with Crippen LogP contribution in [0.25, 0.3) is 0 Å². The standard InChI is InChI=1S/C14H15BrN2O2/c1-8-7-10(15)3-4-11(8)17-14(18)13-6-5-12(19-13)9(2)16/h3-7,9H,16H2,1-2H3,(H,17,18). The Kier molecular flexibility index (Phi) is 4.07. The van der Waals surface area contributed by atoms with E-state index in [4.69, 9.17) is 10.2 Å². The van der Waals surface area contributed by atoms with E-state index in [0.717, 1.165) is 15.7 Å². The zero-order valence-corrected chi connectivity index (χ0v) is 12.3. The van der Waals surface area contributed by atoms with Crippen LogP contribution in [0.2, 0.25) is 0 Å². The van der Waals surface area contributed by atoms with Crippen LogP contribution in [0.5, 0.6) is 0 Å². The predicted octanol–water partition coefficient (Wildman–Crippen LogP) is 3.62. The molecule has 2 rings (SSSR count). The molecule has 5 heteroatoms. The molecule has 100 valence electrons. The number of carbonyl (C=O) groups excluding carboxylic acids is 1. The topological polar surface area (TPSA) is 68.3 Å². The van der Waals surface area contributed by atoms with Gasteiger partial charge in [0.25, 0.3) is 5.91 Å². The van der Waals surface area contributed by atoms with Gasteiger partial charge in [-0.15, -0.1) is 0 Å². The van der Waals surface area contributed by atoms with Gasteiger partial charge in [-0.2, -0.15) is 0 Å². The molecule has 0 aliphatic rings. The molecule has 1 heterocycles. The lowest BCUT2D eigenvalue weighted by Gasteiger charge is -2.07. The fourth-order valence-corrected chi connectivity index (χ4v) is 2.15. The maximum absolute atomic E-state index is 12.0. The van der Waals surface area contributed by atoms with Gasteiger partial charge in [0.1, 0.15) is 5.76 Å². The maximum atomic E-state index is 12.0. The van der Waals surface area contributed by atoms with E-state index >= 15 is 0 Å². The van der Waals surface area contributed by atoms with Crippen LogP contribution in [0, 0.1) is 6.92 Å². The molecule has 1 aromatic carbocycles. The van der Waals surface area contributed by atoms with Crippen LogP contribution in [0.4, 0.5) is 5.69 Å². The van der Waals surface area contributed by atoms with Crippen LogP contribution in [-0.4, -0.2) is 5.91 Å². The van der Waals surface area contributed by atoms with Crippen molar-refractivity contribution in [1.82, 2.24) is 0 Å².